The number of carbonyl (C=O) groups excluding carboxylic acids is 1. The SMILES string of the molecule is O=C(c1n[nH]c2ccccc12)N1CCCC1c1ccccn1. The number of benzene rings is 1. The summed E-state index contributed by atoms with van der Waals surface area (Å²) in [6.07, 6.45) is 3.72. The summed E-state index contributed by atoms with van der Waals surface area (Å²) in [7, 11) is 0. The van der Waals surface area contributed by atoms with Gasteiger partial charge in [0.2, 0.25) is 0 Å². The van der Waals surface area contributed by atoms with E-state index in [1.807, 2.05) is 47.4 Å². The molecule has 1 unspecified atom stereocenters. The van der Waals surface area contributed by atoms with Crippen LogP contribution in [0.4, 0.5) is 0 Å². The normalized spacial score (nSPS) is 18.0. The Balaban J connectivity index is 1.70. The summed E-state index contributed by atoms with van der Waals surface area (Å²) in [5.41, 5.74) is 2.34. The van der Waals surface area contributed by atoms with Crippen molar-refractivity contribution in [2.24, 2.45) is 0 Å². The first kappa shape index (κ1) is 13.0. The van der Waals surface area contributed by atoms with Gasteiger partial charge in [-0.15, -0.1) is 0 Å². The first-order chi connectivity index (χ1) is 10.8. The zero-order valence-electron chi connectivity index (χ0n) is 12.1. The smallest absolute Gasteiger partial charge is 0.275 e. The minimum absolute atomic E-state index is 0.0226. The number of hydrogen-bond acceptors (Lipinski definition) is 3. The molecule has 5 heteroatoms. The number of fused-ring (bicyclic) bond motifs is 1. The van der Waals surface area contributed by atoms with Crippen LogP contribution in [-0.4, -0.2) is 32.5 Å². The maximum absolute atomic E-state index is 12.9. The molecule has 0 aliphatic carbocycles. The van der Waals surface area contributed by atoms with E-state index in [0.29, 0.717) is 5.69 Å². The fourth-order valence-electron chi connectivity index (χ4n) is 3.15. The van der Waals surface area contributed by atoms with E-state index in [9.17, 15) is 4.79 Å². The van der Waals surface area contributed by atoms with Crippen LogP contribution in [0.2, 0.25) is 0 Å². The molecule has 1 aromatic carbocycles. The monoisotopic (exact) mass is 292 g/mol. The molecular weight excluding hydrogens is 276 g/mol. The summed E-state index contributed by atoms with van der Waals surface area (Å²) in [4.78, 5) is 19.2. The number of pyridine rings is 1. The lowest BCUT2D eigenvalue weighted by atomic mass is 10.1. The van der Waals surface area contributed by atoms with Crippen molar-refractivity contribution in [3.05, 3.63) is 60.0 Å². The molecule has 3 heterocycles. The predicted octanol–water partition coefficient (Wildman–Crippen LogP) is 2.94. The predicted molar refractivity (Wildman–Crippen MR) is 83.3 cm³/mol. The van der Waals surface area contributed by atoms with Crippen LogP contribution in [0.25, 0.3) is 10.9 Å². The van der Waals surface area contributed by atoms with Gasteiger partial charge in [-0.3, -0.25) is 14.9 Å². The van der Waals surface area contributed by atoms with E-state index in [4.69, 9.17) is 0 Å². The van der Waals surface area contributed by atoms with Crippen LogP contribution in [0.5, 0.6) is 0 Å². The quantitative estimate of drug-likeness (QED) is 0.790. The lowest BCUT2D eigenvalue weighted by molar-refractivity contribution is 0.0729. The Hall–Kier alpha value is -2.69. The molecule has 110 valence electrons. The summed E-state index contributed by atoms with van der Waals surface area (Å²) < 4.78 is 0. The Morgan fingerprint density at radius 2 is 2.05 bits per heavy atom. The summed E-state index contributed by atoms with van der Waals surface area (Å²) in [6.45, 7) is 0.751. The third kappa shape index (κ3) is 2.06. The Bertz CT molecular complexity index is 812. The van der Waals surface area contributed by atoms with E-state index in [-0.39, 0.29) is 11.9 Å². The molecule has 0 spiro atoms. The molecule has 3 aromatic rings. The maximum atomic E-state index is 12.9. The van der Waals surface area contributed by atoms with E-state index in [2.05, 4.69) is 15.2 Å². The van der Waals surface area contributed by atoms with Gasteiger partial charge in [0, 0.05) is 18.1 Å². The first-order valence-electron chi connectivity index (χ1n) is 7.49. The van der Waals surface area contributed by atoms with Crippen molar-refractivity contribution in [3.63, 3.8) is 0 Å². The topological polar surface area (TPSA) is 61.9 Å². The summed E-state index contributed by atoms with van der Waals surface area (Å²) in [5, 5.41) is 8.04. The van der Waals surface area contributed by atoms with Gasteiger partial charge in [0.15, 0.2) is 5.69 Å². The number of amides is 1. The first-order valence-corrected chi connectivity index (χ1v) is 7.49. The van der Waals surface area contributed by atoms with Crippen LogP contribution in [0.1, 0.15) is 35.1 Å². The van der Waals surface area contributed by atoms with E-state index in [1.54, 1.807) is 6.20 Å². The molecule has 1 aliphatic rings. The van der Waals surface area contributed by atoms with Gasteiger partial charge in [0.05, 0.1) is 17.3 Å². The van der Waals surface area contributed by atoms with E-state index in [1.165, 1.54) is 0 Å². The lowest BCUT2D eigenvalue weighted by Gasteiger charge is -2.23. The summed E-state index contributed by atoms with van der Waals surface area (Å²) >= 11 is 0. The van der Waals surface area contributed by atoms with Crippen LogP contribution in [0.15, 0.2) is 48.7 Å². The second-order valence-electron chi connectivity index (χ2n) is 5.53. The van der Waals surface area contributed by atoms with Crippen LogP contribution in [-0.2, 0) is 0 Å². The van der Waals surface area contributed by atoms with Crippen molar-refractivity contribution in [1.82, 2.24) is 20.1 Å². The van der Waals surface area contributed by atoms with E-state index >= 15 is 0 Å². The number of rotatable bonds is 2. The van der Waals surface area contributed by atoms with Crippen molar-refractivity contribution in [2.45, 2.75) is 18.9 Å². The molecule has 1 atom stereocenters. The van der Waals surface area contributed by atoms with Gasteiger partial charge in [-0.05, 0) is 31.0 Å². The van der Waals surface area contributed by atoms with Crippen LogP contribution >= 0.6 is 0 Å². The maximum Gasteiger partial charge on any atom is 0.275 e. The molecule has 1 saturated heterocycles. The van der Waals surface area contributed by atoms with Crippen molar-refractivity contribution in [1.29, 1.82) is 0 Å². The number of nitrogens with zero attached hydrogens (tertiary/aromatic N) is 3. The highest BCUT2D eigenvalue weighted by molar-refractivity contribution is 6.04. The van der Waals surface area contributed by atoms with Gasteiger partial charge in [0.1, 0.15) is 0 Å². The van der Waals surface area contributed by atoms with Gasteiger partial charge in [-0.25, -0.2) is 0 Å². The zero-order chi connectivity index (χ0) is 14.9. The molecular formula is C17H16N4O. The average molecular weight is 292 g/mol. The van der Waals surface area contributed by atoms with Crippen molar-refractivity contribution in [2.75, 3.05) is 6.54 Å². The second kappa shape index (κ2) is 5.26. The molecule has 1 aliphatic heterocycles. The number of likely N-dealkylation sites (tertiary alicyclic amines) is 1. The fourth-order valence-corrected chi connectivity index (χ4v) is 3.15. The highest BCUT2D eigenvalue weighted by atomic mass is 16.2. The fraction of sp³-hybridized carbons (Fsp3) is 0.235. The standard InChI is InChI=1S/C17H16N4O/c22-17(16-12-6-1-2-7-13(12)19-20-16)21-11-5-9-15(21)14-8-3-4-10-18-14/h1-4,6-8,10,15H,5,9,11H2,(H,19,20). The average Bonchev–Trinajstić information content (AvgIpc) is 3.22. The van der Waals surface area contributed by atoms with Gasteiger partial charge >= 0.3 is 0 Å². The summed E-state index contributed by atoms with van der Waals surface area (Å²) in [6, 6.07) is 13.6. The Labute approximate surface area is 128 Å². The van der Waals surface area contributed by atoms with Gasteiger partial charge in [0.25, 0.3) is 5.91 Å². The molecule has 5 nitrogen and oxygen atoms in total. The van der Waals surface area contributed by atoms with Crippen molar-refractivity contribution < 1.29 is 4.79 Å². The number of nitrogens with one attached hydrogen (secondary N) is 1. The van der Waals surface area contributed by atoms with Crippen molar-refractivity contribution >= 4 is 16.8 Å². The number of hydrogen-bond donors (Lipinski definition) is 1. The number of aromatic nitrogens is 3. The Morgan fingerprint density at radius 3 is 2.91 bits per heavy atom. The molecule has 1 N–H and O–H groups in total. The molecule has 0 radical (unpaired) electrons. The molecule has 1 amide bonds. The molecule has 1 fully saturated rings. The third-order valence-corrected chi connectivity index (χ3v) is 4.22. The Kier molecular flexibility index (Phi) is 3.11. The van der Waals surface area contributed by atoms with E-state index in [0.717, 1.165) is 36.0 Å². The number of aromatic amines is 1. The molecule has 4 rings (SSSR count). The number of H-pyrrole nitrogens is 1. The zero-order valence-corrected chi connectivity index (χ0v) is 12.1. The van der Waals surface area contributed by atoms with Crippen molar-refractivity contribution in [3.8, 4) is 0 Å². The highest BCUT2D eigenvalue weighted by Gasteiger charge is 2.33. The van der Waals surface area contributed by atoms with Crippen LogP contribution in [0, 0.1) is 0 Å². The number of para-hydroxylation sites is 1. The largest absolute Gasteiger partial charge is 0.329 e. The minimum Gasteiger partial charge on any atom is -0.329 e. The summed E-state index contributed by atoms with van der Waals surface area (Å²) in [5.74, 6) is -0.0226. The van der Waals surface area contributed by atoms with Gasteiger partial charge in [-0.1, -0.05) is 24.3 Å². The highest BCUT2D eigenvalue weighted by Crippen LogP contribution is 2.32. The third-order valence-electron chi connectivity index (χ3n) is 4.22. The molecule has 0 bridgehead atoms. The second-order valence-corrected chi connectivity index (χ2v) is 5.53. The molecule has 0 saturated carbocycles. The van der Waals surface area contributed by atoms with Gasteiger partial charge in [-0.2, -0.15) is 5.10 Å². The van der Waals surface area contributed by atoms with Crippen LogP contribution in [0.3, 0.4) is 0 Å². The molecule has 22 heavy (non-hydrogen) atoms. The van der Waals surface area contributed by atoms with Gasteiger partial charge < -0.3 is 4.90 Å². The van der Waals surface area contributed by atoms with Crippen LogP contribution < -0.4 is 0 Å². The Morgan fingerprint density at radius 1 is 1.18 bits per heavy atom. The molecule has 2 aromatic heterocycles. The minimum atomic E-state index is -0.0226. The van der Waals surface area contributed by atoms with E-state index < -0.39 is 0 Å². The number of carbonyl (C=O) groups is 1. The lowest BCUT2D eigenvalue weighted by Crippen LogP contribution is -2.31.